The van der Waals surface area contributed by atoms with Crippen molar-refractivity contribution >= 4 is 39.3 Å². The van der Waals surface area contributed by atoms with Gasteiger partial charge in [-0.15, -0.1) is 0 Å². The molecule has 5 rings (SSSR count). The number of carbonyl (C=O) groups is 1. The van der Waals surface area contributed by atoms with Crippen LogP contribution in [-0.4, -0.2) is 68.8 Å². The number of amidine groups is 1. The molecule has 12 heteroatoms. The zero-order chi connectivity index (χ0) is 25.6. The predicted octanol–water partition coefficient (Wildman–Crippen LogP) is 3.21. The van der Waals surface area contributed by atoms with E-state index in [9.17, 15) is 28.2 Å². The molecule has 8 nitrogen and oxygen atoms in total. The van der Waals surface area contributed by atoms with Gasteiger partial charge in [0.05, 0.1) is 41.5 Å². The van der Waals surface area contributed by atoms with Crippen molar-refractivity contribution in [2.24, 2.45) is 4.99 Å². The highest BCUT2D eigenvalue weighted by Crippen LogP contribution is 2.41. The fraction of sp³-hybridized carbons (Fsp3) is 0.292. The van der Waals surface area contributed by atoms with Gasteiger partial charge in [0.2, 0.25) is 0 Å². The summed E-state index contributed by atoms with van der Waals surface area (Å²) < 4.78 is 46.8. The number of hydrogen-bond acceptors (Lipinski definition) is 7. The van der Waals surface area contributed by atoms with Crippen LogP contribution in [0.15, 0.2) is 52.5 Å². The summed E-state index contributed by atoms with van der Waals surface area (Å²) >= 11 is 1.03. The molecule has 2 aromatic carbocycles. The molecule has 3 heterocycles. The van der Waals surface area contributed by atoms with Gasteiger partial charge in [0.25, 0.3) is 5.91 Å². The van der Waals surface area contributed by atoms with Crippen molar-refractivity contribution in [1.82, 2.24) is 15.1 Å². The first kappa shape index (κ1) is 24.3. The molecule has 36 heavy (non-hydrogen) atoms. The summed E-state index contributed by atoms with van der Waals surface area (Å²) in [4.78, 5) is 18.9. The third kappa shape index (κ3) is 4.59. The van der Waals surface area contributed by atoms with Gasteiger partial charge in [0.1, 0.15) is 5.75 Å². The highest BCUT2D eigenvalue weighted by molar-refractivity contribution is 8.18. The van der Waals surface area contributed by atoms with Gasteiger partial charge in [0.15, 0.2) is 5.17 Å². The van der Waals surface area contributed by atoms with E-state index in [-0.39, 0.29) is 35.7 Å². The topological polar surface area (TPSA) is 111 Å². The molecular weight excluding hydrogens is 497 g/mol. The summed E-state index contributed by atoms with van der Waals surface area (Å²) in [6, 6.07) is 8.95. The summed E-state index contributed by atoms with van der Waals surface area (Å²) in [5, 5.41) is 27.6. The van der Waals surface area contributed by atoms with E-state index in [1.807, 2.05) is 0 Å². The van der Waals surface area contributed by atoms with E-state index in [1.54, 1.807) is 29.3 Å². The van der Waals surface area contributed by atoms with Crippen LogP contribution in [0, 0.1) is 0 Å². The van der Waals surface area contributed by atoms with Gasteiger partial charge in [-0.25, -0.2) is 0 Å². The standard InChI is InChI=1S/C24H21F3N4O4S/c1-35-15-4-2-13(17(8-15)24(25,26)27)7-16(12-3-5-18-14(6-12)9-28-30-18)21-22(34)29-23(36-21)31-10-19(32)20(33)11-31/h2-6,8-9,19-20,32-33H,7,10-11H2,1H3,(H,28,30)/t19-,20-/m1/s1. The van der Waals surface area contributed by atoms with Crippen LogP contribution >= 0.6 is 11.8 Å². The molecule has 3 aromatic rings. The highest BCUT2D eigenvalue weighted by atomic mass is 32.2. The Morgan fingerprint density at radius 3 is 2.64 bits per heavy atom. The largest absolute Gasteiger partial charge is 0.497 e. The number of ether oxygens (including phenoxy) is 1. The number of aliphatic imine (C=N–C) groups is 1. The van der Waals surface area contributed by atoms with Crippen LogP contribution in [0.3, 0.4) is 0 Å². The van der Waals surface area contributed by atoms with Gasteiger partial charge >= 0.3 is 6.18 Å². The maximum atomic E-state index is 13.9. The fourth-order valence-electron chi connectivity index (χ4n) is 4.28. The molecule has 0 unspecified atom stereocenters. The number of β-amino-alcohol motifs (C(OH)–C–C–N with tert-alkyl or cyclic N) is 2. The number of halogens is 3. The molecule has 1 amide bonds. The number of methoxy groups -OCH3 is 1. The molecule has 3 N–H and O–H groups in total. The Morgan fingerprint density at radius 1 is 1.19 bits per heavy atom. The predicted molar refractivity (Wildman–Crippen MR) is 128 cm³/mol. The summed E-state index contributed by atoms with van der Waals surface area (Å²) in [5.74, 6) is -0.515. The second-order valence-electron chi connectivity index (χ2n) is 8.52. The number of alkyl halides is 3. The molecule has 0 saturated carbocycles. The van der Waals surface area contributed by atoms with Crippen LogP contribution in [-0.2, 0) is 17.4 Å². The quantitative estimate of drug-likeness (QED) is 0.455. The third-order valence-corrected chi connectivity index (χ3v) is 7.32. The molecule has 1 saturated heterocycles. The Balaban J connectivity index is 1.59. The molecule has 2 aliphatic rings. The van der Waals surface area contributed by atoms with E-state index in [4.69, 9.17) is 4.74 Å². The SMILES string of the molecule is COc1ccc(CC(=C2SC(N3C[C@@H](O)[C@H](O)C3)=NC2=O)c2ccc3[nH]ncc3c2)c(C(F)(F)F)c1. The molecule has 0 spiro atoms. The van der Waals surface area contributed by atoms with Gasteiger partial charge in [-0.05, 0) is 59.1 Å². The zero-order valence-corrected chi connectivity index (χ0v) is 19.7. The lowest BCUT2D eigenvalue weighted by molar-refractivity contribution is -0.138. The lowest BCUT2D eigenvalue weighted by Gasteiger charge is -2.18. The van der Waals surface area contributed by atoms with E-state index < -0.39 is 29.9 Å². The average Bonchev–Trinajstić information content (AvgIpc) is 3.55. The molecule has 0 radical (unpaired) electrons. The van der Waals surface area contributed by atoms with Crippen molar-refractivity contribution in [2.75, 3.05) is 20.2 Å². The lowest BCUT2D eigenvalue weighted by atomic mass is 9.93. The Bertz CT molecular complexity index is 1390. The Kier molecular flexibility index (Phi) is 6.27. The van der Waals surface area contributed by atoms with Gasteiger partial charge < -0.3 is 19.8 Å². The number of rotatable bonds is 4. The number of thioether (sulfide) groups is 1. The second kappa shape index (κ2) is 9.26. The lowest BCUT2D eigenvalue weighted by Crippen LogP contribution is -2.26. The van der Waals surface area contributed by atoms with Crippen molar-refractivity contribution in [3.05, 3.63) is 64.2 Å². The first-order valence-electron chi connectivity index (χ1n) is 11.0. The van der Waals surface area contributed by atoms with E-state index in [0.29, 0.717) is 16.3 Å². The van der Waals surface area contributed by atoms with E-state index in [2.05, 4.69) is 15.2 Å². The number of aromatic amines is 1. The number of aliphatic hydroxyl groups excluding tert-OH is 2. The number of nitrogens with one attached hydrogen (secondary N) is 1. The smallest absolute Gasteiger partial charge is 0.416 e. The van der Waals surface area contributed by atoms with Crippen molar-refractivity contribution in [2.45, 2.75) is 24.8 Å². The van der Waals surface area contributed by atoms with Crippen LogP contribution in [0.25, 0.3) is 16.5 Å². The van der Waals surface area contributed by atoms with Crippen molar-refractivity contribution in [1.29, 1.82) is 0 Å². The van der Waals surface area contributed by atoms with Crippen LogP contribution in [0.4, 0.5) is 13.2 Å². The van der Waals surface area contributed by atoms with Crippen LogP contribution in [0.5, 0.6) is 5.75 Å². The van der Waals surface area contributed by atoms with Gasteiger partial charge in [-0.3, -0.25) is 9.89 Å². The average molecular weight is 519 g/mol. The summed E-state index contributed by atoms with van der Waals surface area (Å²) in [7, 11) is 1.29. The molecular formula is C24H21F3N4O4S. The Morgan fingerprint density at radius 2 is 1.94 bits per heavy atom. The number of aromatic nitrogens is 2. The van der Waals surface area contributed by atoms with Crippen LogP contribution in [0.2, 0.25) is 0 Å². The number of hydrogen-bond donors (Lipinski definition) is 3. The van der Waals surface area contributed by atoms with Crippen LogP contribution in [0.1, 0.15) is 16.7 Å². The molecule has 0 aliphatic carbocycles. The minimum absolute atomic E-state index is 0.0213. The Hall–Kier alpha value is -3.35. The number of H-pyrrole nitrogens is 1. The number of carbonyl (C=O) groups excluding carboxylic acids is 1. The van der Waals surface area contributed by atoms with Crippen LogP contribution < -0.4 is 4.74 Å². The number of allylic oxidation sites excluding steroid dienone is 1. The normalized spacial score (nSPS) is 21.9. The first-order chi connectivity index (χ1) is 17.1. The zero-order valence-electron chi connectivity index (χ0n) is 18.9. The summed E-state index contributed by atoms with van der Waals surface area (Å²) in [6.07, 6.45) is -5.19. The maximum Gasteiger partial charge on any atom is 0.416 e. The number of amides is 1. The molecule has 188 valence electrons. The van der Waals surface area contributed by atoms with Gasteiger partial charge in [0, 0.05) is 18.5 Å². The van der Waals surface area contributed by atoms with E-state index in [0.717, 1.165) is 28.7 Å². The third-order valence-electron chi connectivity index (χ3n) is 6.17. The van der Waals surface area contributed by atoms with Crippen molar-refractivity contribution in [3.8, 4) is 5.75 Å². The molecule has 2 atom stereocenters. The number of benzene rings is 2. The number of fused-ring (bicyclic) bond motifs is 1. The van der Waals surface area contributed by atoms with E-state index in [1.165, 1.54) is 19.2 Å². The minimum atomic E-state index is -4.63. The first-order valence-corrected chi connectivity index (χ1v) is 11.8. The number of likely N-dealkylation sites (tertiary alicyclic amines) is 1. The molecule has 0 bridgehead atoms. The fourth-order valence-corrected chi connectivity index (χ4v) is 5.32. The summed E-state index contributed by atoms with van der Waals surface area (Å²) in [5.41, 5.74) is 0.800. The van der Waals surface area contributed by atoms with Crippen molar-refractivity contribution in [3.63, 3.8) is 0 Å². The maximum absolute atomic E-state index is 13.9. The minimum Gasteiger partial charge on any atom is -0.497 e. The highest BCUT2D eigenvalue weighted by Gasteiger charge is 2.38. The summed E-state index contributed by atoms with van der Waals surface area (Å²) in [6.45, 7) is 0.196. The monoisotopic (exact) mass is 518 g/mol. The molecule has 1 fully saturated rings. The van der Waals surface area contributed by atoms with Gasteiger partial charge in [-0.1, -0.05) is 12.1 Å². The van der Waals surface area contributed by atoms with Crippen molar-refractivity contribution < 1.29 is 32.9 Å². The number of nitrogens with zero attached hydrogens (tertiary/aromatic N) is 3. The second-order valence-corrected chi connectivity index (χ2v) is 9.50. The molecule has 1 aromatic heterocycles. The van der Waals surface area contributed by atoms with Gasteiger partial charge in [-0.2, -0.15) is 23.3 Å². The van der Waals surface area contributed by atoms with E-state index >= 15 is 0 Å². The molecule has 2 aliphatic heterocycles. The number of aliphatic hydroxyl groups is 2. The Labute approximate surface area is 207 Å².